The molecule has 0 unspecified atom stereocenters. The van der Waals surface area contributed by atoms with Gasteiger partial charge in [0, 0.05) is 48.3 Å². The second kappa shape index (κ2) is 11.3. The van der Waals surface area contributed by atoms with Crippen LogP contribution in [0.25, 0.3) is 0 Å². The highest BCUT2D eigenvalue weighted by atomic mass is 35.5. The summed E-state index contributed by atoms with van der Waals surface area (Å²) < 4.78 is 5.08. The van der Waals surface area contributed by atoms with E-state index in [2.05, 4.69) is 10.2 Å². The third-order valence-corrected chi connectivity index (χ3v) is 7.31. The van der Waals surface area contributed by atoms with Crippen molar-refractivity contribution in [1.82, 2.24) is 9.80 Å². The molecule has 0 bridgehead atoms. The van der Waals surface area contributed by atoms with Gasteiger partial charge in [0.2, 0.25) is 5.91 Å². The Balaban J connectivity index is 1.59. The van der Waals surface area contributed by atoms with E-state index in [9.17, 15) is 14.4 Å². The number of hydrogen-bond acceptors (Lipinski definition) is 7. The van der Waals surface area contributed by atoms with Gasteiger partial charge in [-0.05, 0) is 31.5 Å². The number of nitrogens with zero attached hydrogens (tertiary/aromatic N) is 2. The molecule has 3 N–H and O–H groups in total. The number of hydrogen-bond donors (Lipinski definition) is 2. The van der Waals surface area contributed by atoms with E-state index in [-0.39, 0.29) is 34.5 Å². The van der Waals surface area contributed by atoms with E-state index < -0.39 is 11.9 Å². The van der Waals surface area contributed by atoms with Crippen molar-refractivity contribution in [1.29, 1.82) is 0 Å². The molecule has 1 fully saturated rings. The van der Waals surface area contributed by atoms with Crippen molar-refractivity contribution < 1.29 is 19.1 Å². The molecule has 2 aromatic rings. The summed E-state index contributed by atoms with van der Waals surface area (Å²) in [4.78, 5) is 41.3. The average Bonchev–Trinajstić information content (AvgIpc) is 3.08. The number of nitrogens with one attached hydrogen (secondary N) is 1. The van der Waals surface area contributed by atoms with Gasteiger partial charge in [0.15, 0.2) is 0 Å². The summed E-state index contributed by atoms with van der Waals surface area (Å²) in [6.45, 7) is 7.18. The number of piperazine rings is 1. The first kappa shape index (κ1) is 25.5. The minimum absolute atomic E-state index is 0.159. The van der Waals surface area contributed by atoms with Crippen LogP contribution in [-0.2, 0) is 16.1 Å². The van der Waals surface area contributed by atoms with Crippen LogP contribution in [0.2, 0.25) is 10.0 Å². The summed E-state index contributed by atoms with van der Waals surface area (Å²) in [5.41, 5.74) is 6.90. The molecule has 8 nitrogen and oxygen atoms in total. The number of rotatable bonds is 8. The number of amides is 2. The molecule has 0 radical (unpaired) electrons. The molecule has 0 atom stereocenters. The van der Waals surface area contributed by atoms with Crippen LogP contribution in [-0.4, -0.2) is 66.9 Å². The molecule has 2 heterocycles. The van der Waals surface area contributed by atoms with E-state index in [1.807, 2.05) is 23.1 Å². The normalized spacial score (nSPS) is 14.8. The maximum atomic E-state index is 12.7. The number of carbonyl (C=O) groups excluding carboxylic acids is 3. The molecular weight excluding hydrogens is 487 g/mol. The molecular formula is C22H26Cl2N4O4S. The Kier molecular flexibility index (Phi) is 8.72. The quantitative estimate of drug-likeness (QED) is 0.525. The fraction of sp³-hybridized carbons (Fsp3) is 0.409. The number of thiophene rings is 1. The molecule has 11 heteroatoms. The van der Waals surface area contributed by atoms with Crippen molar-refractivity contribution in [2.45, 2.75) is 20.4 Å². The van der Waals surface area contributed by atoms with E-state index in [1.54, 1.807) is 13.8 Å². The van der Waals surface area contributed by atoms with Gasteiger partial charge in [-0.15, -0.1) is 11.3 Å². The fourth-order valence-corrected chi connectivity index (χ4v) is 5.25. The van der Waals surface area contributed by atoms with Crippen LogP contribution >= 0.6 is 34.5 Å². The molecule has 2 amide bonds. The van der Waals surface area contributed by atoms with Crippen LogP contribution in [0.4, 0.5) is 5.00 Å². The van der Waals surface area contributed by atoms with Gasteiger partial charge in [-0.25, -0.2) is 4.79 Å². The van der Waals surface area contributed by atoms with Crippen LogP contribution < -0.4 is 11.1 Å². The second-order valence-corrected chi connectivity index (χ2v) is 9.48. The van der Waals surface area contributed by atoms with Crippen molar-refractivity contribution in [2.75, 3.05) is 44.6 Å². The number of carbonyl (C=O) groups is 3. The Labute approximate surface area is 206 Å². The lowest BCUT2D eigenvalue weighted by Crippen LogP contribution is -2.48. The maximum Gasteiger partial charge on any atom is 0.341 e. The van der Waals surface area contributed by atoms with Gasteiger partial charge in [-0.3, -0.25) is 19.4 Å². The number of halogens is 2. The molecule has 0 saturated carbocycles. The standard InChI is InChI=1S/C22H26Cl2N4O4S/c1-3-32-22(31)18-13(2)19(20(25)30)33-21(18)26-17(29)12-28-9-7-27(8-10-28)11-14-15(23)5-4-6-16(14)24/h4-6H,3,7-12H2,1-2H3,(H2,25,30)(H,26,29). The summed E-state index contributed by atoms with van der Waals surface area (Å²) in [6.07, 6.45) is 0. The number of ether oxygens (including phenoxy) is 1. The lowest BCUT2D eigenvalue weighted by Gasteiger charge is -2.34. The third-order valence-electron chi connectivity index (χ3n) is 5.38. The minimum atomic E-state index is -0.654. The summed E-state index contributed by atoms with van der Waals surface area (Å²) in [5.74, 6) is -1.53. The van der Waals surface area contributed by atoms with Crippen molar-refractivity contribution in [2.24, 2.45) is 5.73 Å². The number of benzene rings is 1. The van der Waals surface area contributed by atoms with Crippen molar-refractivity contribution >= 4 is 57.3 Å². The summed E-state index contributed by atoms with van der Waals surface area (Å²) in [7, 11) is 0. The molecule has 1 aromatic heterocycles. The van der Waals surface area contributed by atoms with Gasteiger partial charge < -0.3 is 15.8 Å². The minimum Gasteiger partial charge on any atom is -0.462 e. The lowest BCUT2D eigenvalue weighted by atomic mass is 10.1. The zero-order valence-corrected chi connectivity index (χ0v) is 20.8. The van der Waals surface area contributed by atoms with Crippen LogP contribution in [0.15, 0.2) is 18.2 Å². The number of anilines is 1. The van der Waals surface area contributed by atoms with Crippen molar-refractivity contribution in [3.63, 3.8) is 0 Å². The Bertz CT molecular complexity index is 1030. The van der Waals surface area contributed by atoms with E-state index >= 15 is 0 Å². The van der Waals surface area contributed by atoms with E-state index in [0.717, 1.165) is 30.0 Å². The fourth-order valence-electron chi connectivity index (χ4n) is 3.67. The summed E-state index contributed by atoms with van der Waals surface area (Å²) >= 11 is 13.5. The summed E-state index contributed by atoms with van der Waals surface area (Å²) in [6, 6.07) is 5.47. The Morgan fingerprint density at radius 2 is 1.73 bits per heavy atom. The van der Waals surface area contributed by atoms with Crippen molar-refractivity contribution in [3.05, 3.63) is 49.8 Å². The van der Waals surface area contributed by atoms with Gasteiger partial charge in [0.1, 0.15) is 5.00 Å². The van der Waals surface area contributed by atoms with Crippen LogP contribution in [0, 0.1) is 6.92 Å². The molecule has 33 heavy (non-hydrogen) atoms. The first-order valence-electron chi connectivity index (χ1n) is 10.5. The van der Waals surface area contributed by atoms with Gasteiger partial charge in [-0.2, -0.15) is 0 Å². The van der Waals surface area contributed by atoms with E-state index in [4.69, 9.17) is 33.7 Å². The first-order valence-corrected chi connectivity index (χ1v) is 12.1. The Morgan fingerprint density at radius 1 is 1.12 bits per heavy atom. The highest BCUT2D eigenvalue weighted by Gasteiger charge is 2.27. The van der Waals surface area contributed by atoms with Crippen LogP contribution in [0.5, 0.6) is 0 Å². The lowest BCUT2D eigenvalue weighted by molar-refractivity contribution is -0.117. The van der Waals surface area contributed by atoms with E-state index in [1.165, 1.54) is 0 Å². The van der Waals surface area contributed by atoms with E-state index in [0.29, 0.717) is 35.2 Å². The summed E-state index contributed by atoms with van der Waals surface area (Å²) in [5, 5.41) is 4.32. The molecule has 178 valence electrons. The van der Waals surface area contributed by atoms with Gasteiger partial charge in [0.25, 0.3) is 5.91 Å². The predicted octanol–water partition coefficient (Wildman–Crippen LogP) is 3.40. The van der Waals surface area contributed by atoms with Gasteiger partial charge in [-0.1, -0.05) is 29.3 Å². The second-order valence-electron chi connectivity index (χ2n) is 7.65. The predicted molar refractivity (Wildman–Crippen MR) is 130 cm³/mol. The molecule has 1 aliphatic heterocycles. The topological polar surface area (TPSA) is 105 Å². The first-order chi connectivity index (χ1) is 15.7. The van der Waals surface area contributed by atoms with Crippen LogP contribution in [0.1, 0.15) is 38.1 Å². The molecule has 1 saturated heterocycles. The molecule has 0 aliphatic carbocycles. The van der Waals surface area contributed by atoms with Gasteiger partial charge in [0.05, 0.1) is 23.6 Å². The zero-order valence-electron chi connectivity index (χ0n) is 18.5. The Morgan fingerprint density at radius 3 is 2.30 bits per heavy atom. The van der Waals surface area contributed by atoms with Gasteiger partial charge >= 0.3 is 5.97 Å². The SMILES string of the molecule is CCOC(=O)c1c(NC(=O)CN2CCN(Cc3c(Cl)cccc3Cl)CC2)sc(C(N)=O)c1C. The zero-order chi connectivity index (χ0) is 24.1. The Hall–Kier alpha value is -2.17. The maximum absolute atomic E-state index is 12.7. The van der Waals surface area contributed by atoms with Crippen molar-refractivity contribution in [3.8, 4) is 0 Å². The molecule has 0 spiro atoms. The highest BCUT2D eigenvalue weighted by molar-refractivity contribution is 7.18. The molecule has 1 aliphatic rings. The molecule has 3 rings (SSSR count). The smallest absolute Gasteiger partial charge is 0.341 e. The monoisotopic (exact) mass is 512 g/mol. The number of nitrogens with two attached hydrogens (primary N) is 1. The average molecular weight is 513 g/mol. The molecule has 1 aromatic carbocycles. The number of primary amides is 1. The largest absolute Gasteiger partial charge is 0.462 e. The highest BCUT2D eigenvalue weighted by Crippen LogP contribution is 2.33. The third kappa shape index (κ3) is 6.24. The number of esters is 1. The van der Waals surface area contributed by atoms with Crippen LogP contribution in [0.3, 0.4) is 0 Å².